The first-order chi connectivity index (χ1) is 8.81. The second kappa shape index (κ2) is 5.82. The van der Waals surface area contributed by atoms with Crippen molar-refractivity contribution in [3.63, 3.8) is 0 Å². The average Bonchev–Trinajstić information content (AvgIpc) is 2.46. The number of nitrogens with two attached hydrogens (primary N) is 1. The van der Waals surface area contributed by atoms with Crippen LogP contribution in [0.4, 0.5) is 5.69 Å². The van der Waals surface area contributed by atoms with Crippen molar-refractivity contribution in [3.8, 4) is 0 Å². The highest BCUT2D eigenvalue weighted by atomic mass is 14.7. The molecular weight excluding hydrogens is 220 g/mol. The lowest BCUT2D eigenvalue weighted by Gasteiger charge is -2.07. The van der Waals surface area contributed by atoms with E-state index in [1.54, 1.807) is 6.20 Å². The van der Waals surface area contributed by atoms with Gasteiger partial charge in [0.05, 0.1) is 11.4 Å². The predicted molar refractivity (Wildman–Crippen MR) is 77.0 cm³/mol. The maximum absolute atomic E-state index is 5.62. The number of hydrogen-bond acceptors (Lipinski definition) is 2. The molecule has 2 aromatic rings. The van der Waals surface area contributed by atoms with Gasteiger partial charge < -0.3 is 5.73 Å². The Morgan fingerprint density at radius 2 is 1.50 bits per heavy atom. The third-order valence-electron chi connectivity index (χ3n) is 2.67. The minimum Gasteiger partial charge on any atom is -0.404 e. The van der Waals surface area contributed by atoms with Gasteiger partial charge in [-0.3, -0.25) is 0 Å². The van der Waals surface area contributed by atoms with E-state index in [1.807, 2.05) is 67.6 Å². The second-order valence-electron chi connectivity index (χ2n) is 4.01. The van der Waals surface area contributed by atoms with Crippen LogP contribution in [-0.4, -0.2) is 5.71 Å². The van der Waals surface area contributed by atoms with Crippen molar-refractivity contribution in [1.82, 2.24) is 0 Å². The topological polar surface area (TPSA) is 38.4 Å². The third kappa shape index (κ3) is 2.86. The van der Waals surface area contributed by atoms with Gasteiger partial charge in [0.1, 0.15) is 0 Å². The van der Waals surface area contributed by atoms with Gasteiger partial charge in [0, 0.05) is 5.56 Å². The molecule has 0 aliphatic rings. The molecule has 18 heavy (non-hydrogen) atoms. The van der Waals surface area contributed by atoms with Gasteiger partial charge in [0.25, 0.3) is 0 Å². The van der Waals surface area contributed by atoms with Crippen molar-refractivity contribution in [1.29, 1.82) is 0 Å². The van der Waals surface area contributed by atoms with Gasteiger partial charge in [-0.1, -0.05) is 48.5 Å². The smallest absolute Gasteiger partial charge is 0.0752 e. The van der Waals surface area contributed by atoms with E-state index in [2.05, 4.69) is 4.99 Å². The van der Waals surface area contributed by atoms with E-state index in [0.717, 1.165) is 22.5 Å². The van der Waals surface area contributed by atoms with Crippen LogP contribution in [-0.2, 0) is 0 Å². The van der Waals surface area contributed by atoms with Gasteiger partial charge >= 0.3 is 0 Å². The largest absolute Gasteiger partial charge is 0.404 e. The predicted octanol–water partition coefficient (Wildman–Crippen LogP) is 3.67. The molecule has 0 bridgehead atoms. The molecule has 0 radical (unpaired) electrons. The summed E-state index contributed by atoms with van der Waals surface area (Å²) in [5.74, 6) is 0. The molecular formula is C16H16N2. The SMILES string of the molecule is C/C(=C/N)C(=Nc1ccccc1)c1ccccc1. The van der Waals surface area contributed by atoms with Crippen LogP contribution in [0.2, 0.25) is 0 Å². The monoisotopic (exact) mass is 236 g/mol. The van der Waals surface area contributed by atoms with Crippen molar-refractivity contribution in [2.75, 3.05) is 0 Å². The Morgan fingerprint density at radius 3 is 2.06 bits per heavy atom. The number of benzene rings is 2. The molecule has 2 rings (SSSR count). The highest BCUT2D eigenvalue weighted by Gasteiger charge is 2.05. The number of aliphatic imine (C=N–C) groups is 1. The van der Waals surface area contributed by atoms with E-state index in [-0.39, 0.29) is 0 Å². The summed E-state index contributed by atoms with van der Waals surface area (Å²) in [4.78, 5) is 4.67. The Labute approximate surface area is 107 Å². The van der Waals surface area contributed by atoms with E-state index in [0.29, 0.717) is 0 Å². The van der Waals surface area contributed by atoms with E-state index in [1.165, 1.54) is 0 Å². The summed E-state index contributed by atoms with van der Waals surface area (Å²) in [6.07, 6.45) is 1.59. The Hall–Kier alpha value is -2.35. The molecule has 0 unspecified atom stereocenters. The molecule has 0 aromatic heterocycles. The average molecular weight is 236 g/mol. The van der Waals surface area contributed by atoms with Gasteiger partial charge in [0.15, 0.2) is 0 Å². The summed E-state index contributed by atoms with van der Waals surface area (Å²) < 4.78 is 0. The second-order valence-corrected chi connectivity index (χ2v) is 4.01. The minimum absolute atomic E-state index is 0.907. The van der Waals surface area contributed by atoms with Crippen LogP contribution in [0.3, 0.4) is 0 Å². The van der Waals surface area contributed by atoms with Gasteiger partial charge in [-0.15, -0.1) is 0 Å². The van der Waals surface area contributed by atoms with Gasteiger partial charge in [-0.05, 0) is 30.8 Å². The standard InChI is InChI=1S/C16H16N2/c1-13(12-17)16(14-8-4-2-5-9-14)18-15-10-6-3-7-11-15/h2-12H,17H2,1H3/b13-12-,18-16?. The lowest BCUT2D eigenvalue weighted by atomic mass is 10.0. The van der Waals surface area contributed by atoms with Crippen molar-refractivity contribution in [2.45, 2.75) is 6.92 Å². The molecule has 90 valence electrons. The molecule has 2 heteroatoms. The number of hydrogen-bond donors (Lipinski definition) is 1. The summed E-state index contributed by atoms with van der Waals surface area (Å²) >= 11 is 0. The van der Waals surface area contributed by atoms with Crippen molar-refractivity contribution >= 4 is 11.4 Å². The minimum atomic E-state index is 0.907. The van der Waals surface area contributed by atoms with Crippen LogP contribution < -0.4 is 5.73 Å². The fourth-order valence-corrected chi connectivity index (χ4v) is 1.69. The molecule has 2 nitrogen and oxygen atoms in total. The summed E-state index contributed by atoms with van der Waals surface area (Å²) in [6, 6.07) is 20.0. The van der Waals surface area contributed by atoms with Crippen molar-refractivity contribution in [3.05, 3.63) is 78.0 Å². The van der Waals surface area contributed by atoms with E-state index in [9.17, 15) is 0 Å². The third-order valence-corrected chi connectivity index (χ3v) is 2.67. The fourth-order valence-electron chi connectivity index (χ4n) is 1.69. The summed E-state index contributed by atoms with van der Waals surface area (Å²) in [7, 11) is 0. The number of nitrogens with zero attached hydrogens (tertiary/aromatic N) is 1. The van der Waals surface area contributed by atoms with Crippen molar-refractivity contribution < 1.29 is 0 Å². The lowest BCUT2D eigenvalue weighted by molar-refractivity contribution is 1.41. The maximum atomic E-state index is 5.62. The van der Waals surface area contributed by atoms with Crippen LogP contribution in [0.1, 0.15) is 12.5 Å². The zero-order valence-electron chi connectivity index (χ0n) is 10.4. The molecule has 2 aromatic carbocycles. The molecule has 0 aliphatic carbocycles. The number of allylic oxidation sites excluding steroid dienone is 1. The first kappa shape index (κ1) is 12.1. The molecule has 0 aliphatic heterocycles. The molecule has 0 atom stereocenters. The fraction of sp³-hybridized carbons (Fsp3) is 0.0625. The summed E-state index contributed by atoms with van der Waals surface area (Å²) in [6.45, 7) is 1.97. The summed E-state index contributed by atoms with van der Waals surface area (Å²) in [5, 5.41) is 0. The molecule has 2 N–H and O–H groups in total. The van der Waals surface area contributed by atoms with Crippen LogP contribution in [0.25, 0.3) is 0 Å². The highest BCUT2D eigenvalue weighted by Crippen LogP contribution is 2.16. The molecule has 0 fully saturated rings. The van der Waals surface area contributed by atoms with E-state index < -0.39 is 0 Å². The zero-order chi connectivity index (χ0) is 12.8. The van der Waals surface area contributed by atoms with Crippen LogP contribution >= 0.6 is 0 Å². The van der Waals surface area contributed by atoms with Crippen LogP contribution in [0.5, 0.6) is 0 Å². The quantitative estimate of drug-likeness (QED) is 0.811. The van der Waals surface area contributed by atoms with Gasteiger partial charge in [-0.25, -0.2) is 4.99 Å². The normalized spacial score (nSPS) is 12.5. The molecule has 0 heterocycles. The highest BCUT2D eigenvalue weighted by molar-refractivity contribution is 6.13. The van der Waals surface area contributed by atoms with Crippen molar-refractivity contribution in [2.24, 2.45) is 10.7 Å². The summed E-state index contributed by atoms with van der Waals surface area (Å²) in [5.41, 5.74) is 9.49. The van der Waals surface area contributed by atoms with E-state index >= 15 is 0 Å². The molecule has 0 spiro atoms. The van der Waals surface area contributed by atoms with Gasteiger partial charge in [0.2, 0.25) is 0 Å². The maximum Gasteiger partial charge on any atom is 0.0752 e. The van der Waals surface area contributed by atoms with Crippen LogP contribution in [0.15, 0.2) is 77.4 Å². The van der Waals surface area contributed by atoms with Crippen LogP contribution in [0, 0.1) is 0 Å². The first-order valence-corrected chi connectivity index (χ1v) is 5.89. The molecule has 0 saturated heterocycles. The Balaban J connectivity index is 2.48. The lowest BCUT2D eigenvalue weighted by Crippen LogP contribution is -2.04. The Bertz CT molecular complexity index is 554. The Kier molecular flexibility index (Phi) is 3.92. The number of para-hydroxylation sites is 1. The molecule has 0 amide bonds. The first-order valence-electron chi connectivity index (χ1n) is 5.89. The zero-order valence-corrected chi connectivity index (χ0v) is 10.4. The molecule has 0 saturated carbocycles. The van der Waals surface area contributed by atoms with Gasteiger partial charge in [-0.2, -0.15) is 0 Å². The Morgan fingerprint density at radius 1 is 0.944 bits per heavy atom. The number of rotatable bonds is 3. The van der Waals surface area contributed by atoms with E-state index in [4.69, 9.17) is 5.73 Å².